The zero-order valence-electron chi connectivity index (χ0n) is 16.1. The molecule has 29 heavy (non-hydrogen) atoms. The highest BCUT2D eigenvalue weighted by Crippen LogP contribution is 2.31. The Labute approximate surface area is 184 Å². The molecule has 1 aliphatic heterocycles. The number of carbonyl (C=O) groups excluding carboxylic acids is 1. The number of piperazine rings is 1. The highest BCUT2D eigenvalue weighted by atomic mass is 35.5. The second kappa shape index (κ2) is 8.88. The number of rotatable bonds is 5. The zero-order chi connectivity index (χ0) is 20.4. The lowest BCUT2D eigenvalue weighted by Crippen LogP contribution is -2.48. The van der Waals surface area contributed by atoms with Gasteiger partial charge in [-0.05, 0) is 36.8 Å². The average Bonchev–Trinajstić information content (AvgIpc) is 3.16. The Hall–Kier alpha value is -1.86. The van der Waals surface area contributed by atoms with Gasteiger partial charge in [-0.2, -0.15) is 0 Å². The van der Waals surface area contributed by atoms with Crippen LogP contribution < -0.4 is 10.2 Å². The maximum Gasteiger partial charge on any atom is 0.252 e. The largest absolute Gasteiger partial charge is 0.351 e. The summed E-state index contributed by atoms with van der Waals surface area (Å²) in [5.74, 6) is -0.194. The third-order valence-corrected chi connectivity index (χ3v) is 6.78. The standard InChI is InChI=1S/C21H22Cl2N4OS/c1-14-3-2-4-18-19(14)25-21(29-18)27-11-9-26(10-12-27)8-7-24-20(28)16-13-15(22)5-6-17(16)23/h2-6,13H,7-12H2,1H3,(H,24,28). The van der Waals surface area contributed by atoms with Gasteiger partial charge in [-0.3, -0.25) is 9.69 Å². The number of benzene rings is 2. The van der Waals surface area contributed by atoms with Crippen LogP contribution in [-0.2, 0) is 0 Å². The second-order valence-electron chi connectivity index (χ2n) is 7.13. The summed E-state index contributed by atoms with van der Waals surface area (Å²) in [4.78, 5) is 21.9. The Morgan fingerprint density at radius 3 is 2.72 bits per heavy atom. The molecule has 4 rings (SSSR count). The number of anilines is 1. The first kappa shape index (κ1) is 20.4. The second-order valence-corrected chi connectivity index (χ2v) is 8.98. The van der Waals surface area contributed by atoms with Crippen molar-refractivity contribution in [2.45, 2.75) is 6.92 Å². The van der Waals surface area contributed by atoms with Gasteiger partial charge in [-0.1, -0.05) is 46.7 Å². The van der Waals surface area contributed by atoms with Crippen LogP contribution in [0, 0.1) is 6.92 Å². The lowest BCUT2D eigenvalue weighted by atomic mass is 10.2. The Bertz CT molecular complexity index is 1030. The van der Waals surface area contributed by atoms with Crippen LogP contribution in [0.3, 0.4) is 0 Å². The molecule has 8 heteroatoms. The van der Waals surface area contributed by atoms with Gasteiger partial charge < -0.3 is 10.2 Å². The number of para-hydroxylation sites is 1. The fourth-order valence-corrected chi connectivity index (χ4v) is 4.94. The van der Waals surface area contributed by atoms with Crippen LogP contribution in [0.15, 0.2) is 36.4 Å². The maximum atomic E-state index is 12.3. The molecule has 3 aromatic rings. The van der Waals surface area contributed by atoms with Gasteiger partial charge in [-0.15, -0.1) is 0 Å². The van der Waals surface area contributed by atoms with E-state index in [1.807, 2.05) is 0 Å². The normalized spacial score (nSPS) is 15.1. The van der Waals surface area contributed by atoms with Gasteiger partial charge >= 0.3 is 0 Å². The first-order chi connectivity index (χ1) is 14.0. The first-order valence-electron chi connectivity index (χ1n) is 9.58. The van der Waals surface area contributed by atoms with Crippen molar-refractivity contribution >= 4 is 55.8 Å². The summed E-state index contributed by atoms with van der Waals surface area (Å²) in [7, 11) is 0. The fraction of sp³-hybridized carbons (Fsp3) is 0.333. The van der Waals surface area contributed by atoms with Gasteiger partial charge in [0.15, 0.2) is 5.13 Å². The zero-order valence-corrected chi connectivity index (χ0v) is 18.4. The molecule has 0 spiro atoms. The maximum absolute atomic E-state index is 12.3. The SMILES string of the molecule is Cc1cccc2sc(N3CCN(CCNC(=O)c4cc(Cl)ccc4Cl)CC3)nc12. The fourth-order valence-electron chi connectivity index (χ4n) is 3.47. The molecule has 0 aliphatic carbocycles. The molecule has 1 fully saturated rings. The molecule has 5 nitrogen and oxygen atoms in total. The number of nitrogens with one attached hydrogen (secondary N) is 1. The van der Waals surface area contributed by atoms with Crippen LogP contribution in [0.2, 0.25) is 10.0 Å². The van der Waals surface area contributed by atoms with E-state index in [1.54, 1.807) is 29.5 Å². The van der Waals surface area contributed by atoms with Crippen molar-refractivity contribution in [1.82, 2.24) is 15.2 Å². The number of hydrogen-bond donors (Lipinski definition) is 1. The van der Waals surface area contributed by atoms with E-state index in [4.69, 9.17) is 28.2 Å². The molecule has 1 aliphatic rings. The molecule has 152 valence electrons. The molecule has 1 aromatic heterocycles. The number of nitrogens with zero attached hydrogens (tertiary/aromatic N) is 3. The number of fused-ring (bicyclic) bond motifs is 1. The quantitative estimate of drug-likeness (QED) is 0.625. The van der Waals surface area contributed by atoms with E-state index in [-0.39, 0.29) is 5.91 Å². The van der Waals surface area contributed by atoms with E-state index in [2.05, 4.69) is 40.2 Å². The summed E-state index contributed by atoms with van der Waals surface area (Å²) in [6.45, 7) is 7.25. The van der Waals surface area contributed by atoms with Gasteiger partial charge in [0, 0.05) is 44.3 Å². The molecule has 2 heterocycles. The molecule has 0 saturated carbocycles. The summed E-state index contributed by atoms with van der Waals surface area (Å²) in [6, 6.07) is 11.2. The number of halogens is 2. The van der Waals surface area contributed by atoms with Crippen LogP contribution in [-0.4, -0.2) is 55.1 Å². The van der Waals surface area contributed by atoms with Crippen molar-refractivity contribution in [3.63, 3.8) is 0 Å². The van der Waals surface area contributed by atoms with E-state index in [0.717, 1.165) is 43.4 Å². The summed E-state index contributed by atoms with van der Waals surface area (Å²) < 4.78 is 1.24. The molecule has 0 atom stereocenters. The summed E-state index contributed by atoms with van der Waals surface area (Å²) in [5, 5.41) is 4.94. The van der Waals surface area contributed by atoms with Crippen molar-refractivity contribution in [1.29, 1.82) is 0 Å². The molecule has 0 unspecified atom stereocenters. The molecule has 1 N–H and O–H groups in total. The van der Waals surface area contributed by atoms with Gasteiger partial charge in [0.05, 0.1) is 20.8 Å². The summed E-state index contributed by atoms with van der Waals surface area (Å²) in [6.07, 6.45) is 0. The van der Waals surface area contributed by atoms with Crippen molar-refractivity contribution in [3.8, 4) is 0 Å². The third-order valence-electron chi connectivity index (χ3n) is 5.14. The Morgan fingerprint density at radius 1 is 1.17 bits per heavy atom. The summed E-state index contributed by atoms with van der Waals surface area (Å²) in [5.41, 5.74) is 2.74. The van der Waals surface area contributed by atoms with Crippen molar-refractivity contribution < 1.29 is 4.79 Å². The van der Waals surface area contributed by atoms with Crippen LogP contribution in [0.25, 0.3) is 10.2 Å². The van der Waals surface area contributed by atoms with Gasteiger partial charge in [0.1, 0.15) is 0 Å². The van der Waals surface area contributed by atoms with E-state index in [1.165, 1.54) is 10.3 Å². The molecule has 1 amide bonds. The number of thiazole rings is 1. The van der Waals surface area contributed by atoms with Crippen LogP contribution >= 0.6 is 34.5 Å². The minimum absolute atomic E-state index is 0.194. The Balaban J connectivity index is 1.27. The monoisotopic (exact) mass is 448 g/mol. The van der Waals surface area contributed by atoms with E-state index in [0.29, 0.717) is 22.2 Å². The highest BCUT2D eigenvalue weighted by Gasteiger charge is 2.20. The smallest absolute Gasteiger partial charge is 0.252 e. The molecule has 0 radical (unpaired) electrons. The number of hydrogen-bond acceptors (Lipinski definition) is 5. The molecular formula is C21H22Cl2N4OS. The van der Waals surface area contributed by atoms with Gasteiger partial charge in [-0.25, -0.2) is 4.98 Å². The van der Waals surface area contributed by atoms with Crippen molar-refractivity contribution in [2.75, 3.05) is 44.2 Å². The average molecular weight is 449 g/mol. The molecule has 1 saturated heterocycles. The molecular weight excluding hydrogens is 427 g/mol. The minimum Gasteiger partial charge on any atom is -0.351 e. The Kier molecular flexibility index (Phi) is 6.25. The van der Waals surface area contributed by atoms with Crippen molar-refractivity contribution in [2.24, 2.45) is 0 Å². The first-order valence-corrected chi connectivity index (χ1v) is 11.2. The number of carbonyl (C=O) groups is 1. The van der Waals surface area contributed by atoms with E-state index < -0.39 is 0 Å². The lowest BCUT2D eigenvalue weighted by Gasteiger charge is -2.34. The number of aromatic nitrogens is 1. The van der Waals surface area contributed by atoms with Crippen LogP contribution in [0.4, 0.5) is 5.13 Å². The molecule has 0 bridgehead atoms. The number of aryl methyl sites for hydroxylation is 1. The predicted molar refractivity (Wildman–Crippen MR) is 122 cm³/mol. The van der Waals surface area contributed by atoms with Gasteiger partial charge in [0.2, 0.25) is 0 Å². The van der Waals surface area contributed by atoms with Crippen molar-refractivity contribution in [3.05, 3.63) is 57.6 Å². The molecule has 2 aromatic carbocycles. The summed E-state index contributed by atoms with van der Waals surface area (Å²) >= 11 is 13.8. The van der Waals surface area contributed by atoms with E-state index in [9.17, 15) is 4.79 Å². The highest BCUT2D eigenvalue weighted by molar-refractivity contribution is 7.22. The van der Waals surface area contributed by atoms with E-state index >= 15 is 0 Å². The number of amides is 1. The minimum atomic E-state index is -0.194. The van der Waals surface area contributed by atoms with Gasteiger partial charge in [0.25, 0.3) is 5.91 Å². The lowest BCUT2D eigenvalue weighted by molar-refractivity contribution is 0.0948. The van der Waals surface area contributed by atoms with Crippen LogP contribution in [0.1, 0.15) is 15.9 Å². The third kappa shape index (κ3) is 4.67. The Morgan fingerprint density at radius 2 is 1.97 bits per heavy atom. The topological polar surface area (TPSA) is 48.5 Å². The van der Waals surface area contributed by atoms with Crippen LogP contribution in [0.5, 0.6) is 0 Å². The predicted octanol–water partition coefficient (Wildman–Crippen LogP) is 4.46.